The summed E-state index contributed by atoms with van der Waals surface area (Å²) in [5.41, 5.74) is 1.45. The first-order valence-electron chi connectivity index (χ1n) is 11.2. The highest BCUT2D eigenvalue weighted by Crippen LogP contribution is 2.31. The second-order valence-corrected chi connectivity index (χ2v) is 10.4. The number of rotatable bonds is 3. The third kappa shape index (κ3) is 4.62. The van der Waals surface area contributed by atoms with Crippen molar-refractivity contribution in [2.45, 2.75) is 26.2 Å². The summed E-state index contributed by atoms with van der Waals surface area (Å²) in [6, 6.07) is 20.2. The minimum Gasteiger partial charge on any atom is -0.423 e. The maximum absolute atomic E-state index is 12.7. The topological polar surface area (TPSA) is 86.7 Å². The van der Waals surface area contributed by atoms with Gasteiger partial charge in [-0.05, 0) is 59.5 Å². The van der Waals surface area contributed by atoms with Crippen LogP contribution < -0.4 is 16.0 Å². The lowest BCUT2D eigenvalue weighted by atomic mass is 9.87. The minimum absolute atomic E-state index is 0.0329. The van der Waals surface area contributed by atoms with Crippen LogP contribution in [0, 0.1) is 0 Å². The summed E-state index contributed by atoms with van der Waals surface area (Å²) < 4.78 is 17.2. The Hall–Kier alpha value is -3.97. The Balaban J connectivity index is 1.52. The molecule has 0 aliphatic rings. The van der Waals surface area contributed by atoms with Gasteiger partial charge in [0.15, 0.2) is 0 Å². The Bertz CT molecular complexity index is 1750. The van der Waals surface area contributed by atoms with Crippen LogP contribution in [0.15, 0.2) is 95.7 Å². The van der Waals surface area contributed by atoms with Crippen molar-refractivity contribution in [1.29, 1.82) is 0 Å². The number of carbonyl (C=O) groups excluding carboxylic acids is 1. The van der Waals surface area contributed by atoms with Gasteiger partial charge in [0, 0.05) is 32.9 Å². The van der Waals surface area contributed by atoms with Gasteiger partial charge in [-0.1, -0.05) is 48.8 Å². The summed E-state index contributed by atoms with van der Waals surface area (Å²) >= 11 is 3.41. The zero-order chi connectivity index (χ0) is 25.6. The Morgan fingerprint density at radius 3 is 2.28 bits per heavy atom. The van der Waals surface area contributed by atoms with Gasteiger partial charge in [0.25, 0.3) is 0 Å². The van der Waals surface area contributed by atoms with Crippen LogP contribution in [0.1, 0.15) is 36.7 Å². The van der Waals surface area contributed by atoms with Gasteiger partial charge >= 0.3 is 17.2 Å². The first-order valence-corrected chi connectivity index (χ1v) is 12.0. The molecule has 0 amide bonds. The van der Waals surface area contributed by atoms with Crippen molar-refractivity contribution < 1.29 is 18.4 Å². The largest absolute Gasteiger partial charge is 0.423 e. The summed E-state index contributed by atoms with van der Waals surface area (Å²) in [5.74, 6) is -0.323. The first-order chi connectivity index (χ1) is 17.1. The smallest absolute Gasteiger partial charge is 0.344 e. The molecule has 0 saturated carbocycles. The zero-order valence-corrected chi connectivity index (χ0v) is 21.3. The average Bonchev–Trinajstić information content (AvgIpc) is 2.82. The number of benzene rings is 3. The van der Waals surface area contributed by atoms with Crippen LogP contribution in [0.3, 0.4) is 0 Å². The van der Waals surface area contributed by atoms with Crippen molar-refractivity contribution in [3.63, 3.8) is 0 Å². The molecule has 0 fully saturated rings. The van der Waals surface area contributed by atoms with E-state index in [1.807, 2.05) is 18.2 Å². The van der Waals surface area contributed by atoms with Crippen LogP contribution >= 0.6 is 15.9 Å². The monoisotopic (exact) mass is 544 g/mol. The predicted octanol–water partition coefficient (Wildman–Crippen LogP) is 6.85. The lowest BCUT2D eigenvalue weighted by Crippen LogP contribution is -2.13. The molecule has 2 heterocycles. The van der Waals surface area contributed by atoms with Gasteiger partial charge in [0.2, 0.25) is 0 Å². The van der Waals surface area contributed by atoms with Gasteiger partial charge in [-0.3, -0.25) is 0 Å². The van der Waals surface area contributed by atoms with Crippen molar-refractivity contribution in [2.75, 3.05) is 0 Å². The number of fused-ring (bicyclic) bond motifs is 2. The molecule has 6 nitrogen and oxygen atoms in total. The molecule has 5 aromatic rings. The van der Waals surface area contributed by atoms with E-state index in [9.17, 15) is 14.4 Å². The van der Waals surface area contributed by atoms with Crippen molar-refractivity contribution in [2.24, 2.45) is 0 Å². The number of esters is 1. The molecule has 0 aliphatic carbocycles. The van der Waals surface area contributed by atoms with Crippen LogP contribution in [-0.4, -0.2) is 5.97 Å². The fourth-order valence-corrected chi connectivity index (χ4v) is 4.36. The molecule has 0 N–H and O–H groups in total. The molecular weight excluding hydrogens is 524 g/mol. The number of hydrogen-bond acceptors (Lipinski definition) is 6. The first kappa shape index (κ1) is 23.8. The molecule has 5 rings (SSSR count). The number of ether oxygens (including phenoxy) is 1. The Morgan fingerprint density at radius 2 is 1.56 bits per heavy atom. The fraction of sp³-hybridized carbons (Fsp3) is 0.138. The maximum Gasteiger partial charge on any atom is 0.344 e. The van der Waals surface area contributed by atoms with Gasteiger partial charge in [0.05, 0.1) is 11.1 Å². The number of carbonyl (C=O) groups is 1. The molecular formula is C29H21BrO6. The van der Waals surface area contributed by atoms with Gasteiger partial charge in [-0.15, -0.1) is 0 Å². The van der Waals surface area contributed by atoms with Crippen molar-refractivity contribution >= 4 is 43.8 Å². The SMILES string of the molecule is CC(C)(C)c1ccc(C(=O)Oc2ccc3c(-c4cc5cc(Br)ccc5oc4=O)cc(=O)oc3c2)cc1. The molecule has 180 valence electrons. The summed E-state index contributed by atoms with van der Waals surface area (Å²) in [6.07, 6.45) is 0. The second kappa shape index (κ2) is 8.91. The molecule has 0 saturated heterocycles. The molecule has 0 atom stereocenters. The van der Waals surface area contributed by atoms with E-state index in [1.165, 1.54) is 12.1 Å². The van der Waals surface area contributed by atoms with E-state index in [0.717, 1.165) is 10.0 Å². The third-order valence-corrected chi connectivity index (χ3v) is 6.39. The van der Waals surface area contributed by atoms with Crippen LogP contribution in [0.4, 0.5) is 0 Å². The highest BCUT2D eigenvalue weighted by atomic mass is 79.9. The molecule has 3 aromatic carbocycles. The molecule has 0 spiro atoms. The molecule has 36 heavy (non-hydrogen) atoms. The van der Waals surface area contributed by atoms with Gasteiger partial charge in [0.1, 0.15) is 16.9 Å². The van der Waals surface area contributed by atoms with E-state index < -0.39 is 17.2 Å². The van der Waals surface area contributed by atoms with Crippen molar-refractivity contribution in [3.05, 3.63) is 109 Å². The normalized spacial score (nSPS) is 11.7. The van der Waals surface area contributed by atoms with E-state index in [2.05, 4.69) is 36.7 Å². The number of hydrogen-bond donors (Lipinski definition) is 0. The van der Waals surface area contributed by atoms with Gasteiger partial charge < -0.3 is 13.6 Å². The second-order valence-electron chi connectivity index (χ2n) is 9.48. The van der Waals surface area contributed by atoms with Crippen LogP contribution in [-0.2, 0) is 5.41 Å². The van der Waals surface area contributed by atoms with E-state index in [-0.39, 0.29) is 22.3 Å². The highest BCUT2D eigenvalue weighted by molar-refractivity contribution is 9.10. The van der Waals surface area contributed by atoms with E-state index >= 15 is 0 Å². The summed E-state index contributed by atoms with van der Waals surface area (Å²) in [7, 11) is 0. The minimum atomic E-state index is -0.646. The van der Waals surface area contributed by atoms with E-state index in [1.54, 1.807) is 42.5 Å². The van der Waals surface area contributed by atoms with E-state index in [0.29, 0.717) is 27.5 Å². The van der Waals surface area contributed by atoms with Crippen LogP contribution in [0.5, 0.6) is 5.75 Å². The number of halogens is 1. The van der Waals surface area contributed by atoms with E-state index in [4.69, 9.17) is 13.6 Å². The van der Waals surface area contributed by atoms with Crippen LogP contribution in [0.25, 0.3) is 33.1 Å². The Kier molecular flexibility index (Phi) is 5.88. The van der Waals surface area contributed by atoms with Gasteiger partial charge in [-0.2, -0.15) is 0 Å². The molecule has 0 radical (unpaired) electrons. The van der Waals surface area contributed by atoms with Crippen molar-refractivity contribution in [3.8, 4) is 16.9 Å². The predicted molar refractivity (Wildman–Crippen MR) is 142 cm³/mol. The standard InChI is InChI=1S/C29H21BrO6/c1-29(2,3)18-6-4-16(5-7-18)27(32)34-20-9-10-21-22(15-26(31)35-25(21)14-20)23-13-17-12-19(30)8-11-24(17)36-28(23)33/h4-15H,1-3H3. The highest BCUT2D eigenvalue weighted by Gasteiger charge is 2.17. The summed E-state index contributed by atoms with van der Waals surface area (Å²) in [4.78, 5) is 37.8. The zero-order valence-electron chi connectivity index (χ0n) is 19.8. The maximum atomic E-state index is 12.7. The molecule has 7 heteroatoms. The third-order valence-electron chi connectivity index (χ3n) is 5.90. The van der Waals surface area contributed by atoms with Crippen LogP contribution in [0.2, 0.25) is 0 Å². The Labute approximate surface area is 214 Å². The van der Waals surface area contributed by atoms with Gasteiger partial charge in [-0.25, -0.2) is 14.4 Å². The summed E-state index contributed by atoms with van der Waals surface area (Å²) in [5, 5.41) is 1.20. The Morgan fingerprint density at radius 1 is 0.806 bits per heavy atom. The molecule has 2 aromatic heterocycles. The average molecular weight is 545 g/mol. The molecule has 0 unspecified atom stereocenters. The lowest BCUT2D eigenvalue weighted by Gasteiger charge is -2.18. The summed E-state index contributed by atoms with van der Waals surface area (Å²) in [6.45, 7) is 6.29. The van der Waals surface area contributed by atoms with Crippen molar-refractivity contribution in [1.82, 2.24) is 0 Å². The quantitative estimate of drug-likeness (QED) is 0.140. The lowest BCUT2D eigenvalue weighted by molar-refractivity contribution is 0.0735. The fourth-order valence-electron chi connectivity index (χ4n) is 3.98. The molecule has 0 aliphatic heterocycles. The molecule has 0 bridgehead atoms.